The van der Waals surface area contributed by atoms with E-state index in [0.717, 1.165) is 54.6 Å². The Kier molecular flexibility index (Phi) is 11.3. The maximum atomic E-state index is 13.9. The molecule has 2 aliphatic rings. The number of fused-ring (bicyclic) bond motifs is 1. The SMILES string of the molecule is COc1cc2c(cc1OC(C)C)[C@H](c1ccc(Cl)cc1)N(c1ccc(N(C)C[C@H]3CC[C@H](NCC(=O)NC(C)C)CC3)cn1)C(=O)C2. The third-order valence-electron chi connectivity index (χ3n) is 8.94. The van der Waals surface area contributed by atoms with Crippen molar-refractivity contribution >= 4 is 34.9 Å². The predicted octanol–water partition coefficient (Wildman–Crippen LogP) is 6.32. The summed E-state index contributed by atoms with van der Waals surface area (Å²) in [6.07, 6.45) is 6.38. The summed E-state index contributed by atoms with van der Waals surface area (Å²) in [7, 11) is 3.71. The van der Waals surface area contributed by atoms with Crippen LogP contribution in [0.15, 0.2) is 54.7 Å². The van der Waals surface area contributed by atoms with Gasteiger partial charge < -0.3 is 25.0 Å². The standard InChI is InChI=1S/C37H48ClN5O4/c1-23(2)41-35(44)21-39-29-13-7-25(8-14-29)22-42(5)30-15-16-34(40-20-30)43-36(45)18-27-17-32(46-6)33(47-24(3)4)19-31(27)37(43)26-9-11-28(38)12-10-26/h9-12,15-17,19-20,23-25,29,37,39H,7-8,13-14,18,21-22H2,1-6H3,(H,41,44)/t25-,29-,37-/m0/s1. The smallest absolute Gasteiger partial charge is 0.234 e. The molecule has 3 aromatic rings. The van der Waals surface area contributed by atoms with E-state index in [-0.39, 0.29) is 30.4 Å². The Morgan fingerprint density at radius 2 is 1.77 bits per heavy atom. The molecule has 1 atom stereocenters. The van der Waals surface area contributed by atoms with Gasteiger partial charge in [0.25, 0.3) is 0 Å². The molecule has 1 aromatic heterocycles. The molecule has 0 unspecified atom stereocenters. The number of anilines is 2. The van der Waals surface area contributed by atoms with Crippen molar-refractivity contribution < 1.29 is 19.1 Å². The average Bonchev–Trinajstić information content (AvgIpc) is 3.04. The Morgan fingerprint density at radius 1 is 1.04 bits per heavy atom. The molecule has 5 rings (SSSR count). The van der Waals surface area contributed by atoms with Crippen LogP contribution in [0.3, 0.4) is 0 Å². The van der Waals surface area contributed by atoms with Crippen molar-refractivity contribution in [1.29, 1.82) is 0 Å². The maximum absolute atomic E-state index is 13.9. The third kappa shape index (κ3) is 8.56. The van der Waals surface area contributed by atoms with Gasteiger partial charge in [-0.15, -0.1) is 0 Å². The second kappa shape index (κ2) is 15.4. The molecule has 252 valence electrons. The van der Waals surface area contributed by atoms with E-state index in [0.29, 0.717) is 40.8 Å². The van der Waals surface area contributed by atoms with Gasteiger partial charge in [0.1, 0.15) is 5.82 Å². The van der Waals surface area contributed by atoms with Crippen LogP contribution in [0.1, 0.15) is 76.1 Å². The molecule has 1 aliphatic heterocycles. The summed E-state index contributed by atoms with van der Waals surface area (Å²) in [5.74, 6) is 2.42. The van der Waals surface area contributed by atoms with E-state index in [2.05, 4.69) is 22.6 Å². The van der Waals surface area contributed by atoms with Crippen LogP contribution in [0.25, 0.3) is 0 Å². The highest BCUT2D eigenvalue weighted by Crippen LogP contribution is 2.43. The summed E-state index contributed by atoms with van der Waals surface area (Å²) in [5, 5.41) is 7.00. The molecule has 2 N–H and O–H groups in total. The zero-order valence-corrected chi connectivity index (χ0v) is 29.1. The quantitative estimate of drug-likeness (QED) is 0.235. The molecule has 2 aromatic carbocycles. The highest BCUT2D eigenvalue weighted by atomic mass is 35.5. The van der Waals surface area contributed by atoms with E-state index < -0.39 is 6.04 Å². The second-order valence-electron chi connectivity index (χ2n) is 13.3. The number of halogens is 1. The lowest BCUT2D eigenvalue weighted by Crippen LogP contribution is -2.43. The van der Waals surface area contributed by atoms with Crippen LogP contribution in [-0.2, 0) is 16.0 Å². The minimum absolute atomic E-state index is 0.0436. The van der Waals surface area contributed by atoms with Gasteiger partial charge in [0.15, 0.2) is 11.5 Å². The van der Waals surface area contributed by atoms with Crippen molar-refractivity contribution in [2.45, 2.75) is 84.0 Å². The number of methoxy groups -OCH3 is 1. The number of benzene rings is 2. The van der Waals surface area contributed by atoms with Gasteiger partial charge in [0, 0.05) is 30.7 Å². The molecule has 1 fully saturated rings. The number of amides is 2. The molecular weight excluding hydrogens is 614 g/mol. The summed E-state index contributed by atoms with van der Waals surface area (Å²) >= 11 is 6.27. The summed E-state index contributed by atoms with van der Waals surface area (Å²) in [5.41, 5.74) is 3.80. The van der Waals surface area contributed by atoms with Gasteiger partial charge >= 0.3 is 0 Å². The van der Waals surface area contributed by atoms with E-state index in [9.17, 15) is 9.59 Å². The fourth-order valence-electron chi connectivity index (χ4n) is 6.69. The lowest BCUT2D eigenvalue weighted by molar-refractivity contribution is -0.121. The van der Waals surface area contributed by atoms with E-state index in [1.54, 1.807) is 12.0 Å². The number of aromatic nitrogens is 1. The molecule has 9 nitrogen and oxygen atoms in total. The lowest BCUT2D eigenvalue weighted by Gasteiger charge is -2.37. The van der Waals surface area contributed by atoms with Gasteiger partial charge in [0.05, 0.1) is 44.1 Å². The van der Waals surface area contributed by atoms with Crippen molar-refractivity contribution in [3.05, 3.63) is 76.4 Å². The molecule has 2 amide bonds. The molecule has 1 aliphatic carbocycles. The Labute approximate surface area is 284 Å². The van der Waals surface area contributed by atoms with E-state index in [1.807, 2.05) is 82.4 Å². The molecular formula is C37H48ClN5O4. The molecule has 0 bridgehead atoms. The van der Waals surface area contributed by atoms with Gasteiger partial charge in [-0.05, 0) is 112 Å². The Morgan fingerprint density at radius 3 is 2.38 bits per heavy atom. The van der Waals surface area contributed by atoms with Gasteiger partial charge in [-0.1, -0.05) is 23.7 Å². The van der Waals surface area contributed by atoms with Crippen LogP contribution in [0.4, 0.5) is 11.5 Å². The van der Waals surface area contributed by atoms with Crippen molar-refractivity contribution in [3.8, 4) is 11.5 Å². The first-order chi connectivity index (χ1) is 22.5. The van der Waals surface area contributed by atoms with Gasteiger partial charge in [-0.3, -0.25) is 14.5 Å². The van der Waals surface area contributed by atoms with E-state index in [4.69, 9.17) is 26.1 Å². The molecule has 10 heteroatoms. The molecule has 47 heavy (non-hydrogen) atoms. The number of carbonyl (C=O) groups is 2. The van der Waals surface area contributed by atoms with Crippen LogP contribution in [-0.4, -0.2) is 62.2 Å². The van der Waals surface area contributed by atoms with E-state index >= 15 is 0 Å². The van der Waals surface area contributed by atoms with Crippen molar-refractivity contribution in [2.24, 2.45) is 5.92 Å². The summed E-state index contributed by atoms with van der Waals surface area (Å²) in [6, 6.07) is 15.6. The van der Waals surface area contributed by atoms with Gasteiger partial charge in [-0.2, -0.15) is 0 Å². The minimum Gasteiger partial charge on any atom is -0.493 e. The average molecular weight is 662 g/mol. The first-order valence-corrected chi connectivity index (χ1v) is 17.0. The topological polar surface area (TPSA) is 96.0 Å². The van der Waals surface area contributed by atoms with Crippen molar-refractivity contribution in [1.82, 2.24) is 15.6 Å². The monoisotopic (exact) mass is 661 g/mol. The third-order valence-corrected chi connectivity index (χ3v) is 9.19. The van der Waals surface area contributed by atoms with E-state index in [1.165, 1.54) is 0 Å². The highest BCUT2D eigenvalue weighted by molar-refractivity contribution is 6.30. The van der Waals surface area contributed by atoms with Crippen molar-refractivity contribution in [2.75, 3.05) is 37.0 Å². The van der Waals surface area contributed by atoms with Crippen LogP contribution in [0.5, 0.6) is 11.5 Å². The zero-order valence-electron chi connectivity index (χ0n) is 28.4. The summed E-state index contributed by atoms with van der Waals surface area (Å²) in [6.45, 7) is 9.20. The summed E-state index contributed by atoms with van der Waals surface area (Å²) in [4.78, 5) is 34.8. The van der Waals surface area contributed by atoms with Crippen LogP contribution < -0.4 is 29.9 Å². The number of rotatable bonds is 12. The normalized spacial score (nSPS) is 19.5. The van der Waals surface area contributed by atoms with Crippen LogP contribution in [0.2, 0.25) is 5.02 Å². The first-order valence-electron chi connectivity index (χ1n) is 16.7. The highest BCUT2D eigenvalue weighted by Gasteiger charge is 2.37. The minimum atomic E-state index is -0.416. The number of hydrogen-bond donors (Lipinski definition) is 2. The van der Waals surface area contributed by atoms with Crippen molar-refractivity contribution in [3.63, 3.8) is 0 Å². The Balaban J connectivity index is 1.31. The fraction of sp³-hybridized carbons (Fsp3) is 0.486. The van der Waals surface area contributed by atoms with Gasteiger partial charge in [-0.25, -0.2) is 4.98 Å². The second-order valence-corrected chi connectivity index (χ2v) is 13.8. The number of nitrogens with one attached hydrogen (secondary N) is 2. The fourth-order valence-corrected chi connectivity index (χ4v) is 6.82. The molecule has 1 saturated carbocycles. The molecule has 0 saturated heterocycles. The zero-order chi connectivity index (χ0) is 33.7. The molecule has 0 spiro atoms. The number of ether oxygens (including phenoxy) is 2. The number of carbonyl (C=O) groups excluding carboxylic acids is 2. The lowest BCUT2D eigenvalue weighted by atomic mass is 9.85. The predicted molar refractivity (Wildman–Crippen MR) is 188 cm³/mol. The number of hydrogen-bond acceptors (Lipinski definition) is 7. The van der Waals surface area contributed by atoms with Crippen LogP contribution in [0, 0.1) is 5.92 Å². The number of pyridine rings is 1. The first kappa shape index (κ1) is 34.5. The maximum Gasteiger partial charge on any atom is 0.234 e. The van der Waals surface area contributed by atoms with Gasteiger partial charge in [0.2, 0.25) is 11.8 Å². The molecule has 0 radical (unpaired) electrons. The van der Waals surface area contributed by atoms with Crippen LogP contribution >= 0.6 is 11.6 Å². The largest absolute Gasteiger partial charge is 0.493 e. The summed E-state index contributed by atoms with van der Waals surface area (Å²) < 4.78 is 11.8. The number of nitrogens with zero attached hydrogens (tertiary/aromatic N) is 3. The molecule has 2 heterocycles. The Bertz CT molecular complexity index is 1520. The Hall–Kier alpha value is -3.82.